The Balaban J connectivity index is 1.56. The molecule has 8 nitrogen and oxygen atoms in total. The highest BCUT2D eigenvalue weighted by atomic mass is 16.5. The molecule has 1 atom stereocenters. The molecule has 0 spiro atoms. The van der Waals surface area contributed by atoms with Crippen LogP contribution in [0.3, 0.4) is 0 Å². The average molecular weight is 471 g/mol. The predicted octanol–water partition coefficient (Wildman–Crippen LogP) is 3.94. The van der Waals surface area contributed by atoms with Crippen molar-refractivity contribution in [3.05, 3.63) is 101 Å². The number of carbonyl (C=O) groups excluding carboxylic acids is 2. The number of carbonyl (C=O) groups is 2. The van der Waals surface area contributed by atoms with E-state index >= 15 is 0 Å². The van der Waals surface area contributed by atoms with Crippen molar-refractivity contribution in [1.29, 1.82) is 5.26 Å². The highest BCUT2D eigenvalue weighted by Gasteiger charge is 2.21. The van der Waals surface area contributed by atoms with Gasteiger partial charge in [0.15, 0.2) is 0 Å². The Hall–Kier alpha value is -4.64. The average Bonchev–Trinajstić information content (AvgIpc) is 2.88. The maximum absolute atomic E-state index is 12.7. The van der Waals surface area contributed by atoms with E-state index in [0.29, 0.717) is 17.7 Å². The molecule has 0 heterocycles. The van der Waals surface area contributed by atoms with Crippen LogP contribution in [0.2, 0.25) is 0 Å². The van der Waals surface area contributed by atoms with E-state index in [1.54, 1.807) is 37.3 Å². The summed E-state index contributed by atoms with van der Waals surface area (Å²) in [6.45, 7) is 2.18. The number of nitrogens with one attached hydrogen (secondary N) is 2. The van der Waals surface area contributed by atoms with Gasteiger partial charge in [0, 0.05) is 12.0 Å². The molecule has 0 saturated heterocycles. The second kappa shape index (κ2) is 13.2. The molecule has 0 bridgehead atoms. The van der Waals surface area contributed by atoms with Crippen molar-refractivity contribution in [3.63, 3.8) is 0 Å². The number of hydrogen-bond acceptors (Lipinski definition) is 6. The SMILES string of the molecule is CCOC(=O)N[C@@H](Cc1ccccc1)C(=O)N/N=C\c1ccc(OCc2ccccc2C#N)cc1. The van der Waals surface area contributed by atoms with Crippen LogP contribution in [0.5, 0.6) is 5.75 Å². The van der Waals surface area contributed by atoms with E-state index in [1.807, 2.05) is 48.5 Å². The van der Waals surface area contributed by atoms with Crippen LogP contribution in [0.4, 0.5) is 4.79 Å². The van der Waals surface area contributed by atoms with Gasteiger partial charge in [0.1, 0.15) is 18.4 Å². The fourth-order valence-corrected chi connectivity index (χ4v) is 3.19. The molecule has 3 aromatic rings. The number of amides is 2. The third-order valence-corrected chi connectivity index (χ3v) is 4.97. The Morgan fingerprint density at radius 1 is 1.03 bits per heavy atom. The number of ether oxygens (including phenoxy) is 2. The van der Waals surface area contributed by atoms with Crippen LogP contribution in [0, 0.1) is 11.3 Å². The molecule has 0 aliphatic carbocycles. The monoisotopic (exact) mass is 470 g/mol. The van der Waals surface area contributed by atoms with Gasteiger partial charge in [-0.2, -0.15) is 10.4 Å². The Morgan fingerprint density at radius 2 is 1.74 bits per heavy atom. The van der Waals surface area contributed by atoms with Crippen molar-refractivity contribution in [2.24, 2.45) is 5.10 Å². The largest absolute Gasteiger partial charge is 0.489 e. The van der Waals surface area contributed by atoms with Gasteiger partial charge in [0.25, 0.3) is 5.91 Å². The summed E-state index contributed by atoms with van der Waals surface area (Å²) in [4.78, 5) is 24.5. The van der Waals surface area contributed by atoms with Crippen LogP contribution in [-0.2, 0) is 22.6 Å². The lowest BCUT2D eigenvalue weighted by molar-refractivity contribution is -0.123. The minimum Gasteiger partial charge on any atom is -0.489 e. The zero-order valence-electron chi connectivity index (χ0n) is 19.3. The summed E-state index contributed by atoms with van der Waals surface area (Å²) < 4.78 is 10.7. The molecule has 0 radical (unpaired) electrons. The highest BCUT2D eigenvalue weighted by molar-refractivity contribution is 5.87. The first-order valence-electron chi connectivity index (χ1n) is 11.1. The molecule has 35 heavy (non-hydrogen) atoms. The molecule has 0 aromatic heterocycles. The number of hydrazone groups is 1. The van der Waals surface area contributed by atoms with Crippen molar-refractivity contribution in [3.8, 4) is 11.8 Å². The maximum Gasteiger partial charge on any atom is 0.407 e. The minimum absolute atomic E-state index is 0.203. The minimum atomic E-state index is -0.847. The Labute approximate surface area is 204 Å². The highest BCUT2D eigenvalue weighted by Crippen LogP contribution is 2.15. The van der Waals surface area contributed by atoms with Crippen LogP contribution in [0.1, 0.15) is 29.2 Å². The molecule has 0 saturated carbocycles. The first-order chi connectivity index (χ1) is 17.1. The van der Waals surface area contributed by atoms with Crippen LogP contribution in [0.25, 0.3) is 0 Å². The number of hydrogen-bond donors (Lipinski definition) is 2. The summed E-state index contributed by atoms with van der Waals surface area (Å²) in [6, 6.07) is 25.1. The molecule has 2 N–H and O–H groups in total. The smallest absolute Gasteiger partial charge is 0.407 e. The molecule has 8 heteroatoms. The van der Waals surface area contributed by atoms with Gasteiger partial charge in [0.05, 0.1) is 24.5 Å². The van der Waals surface area contributed by atoms with Gasteiger partial charge < -0.3 is 14.8 Å². The van der Waals surface area contributed by atoms with Gasteiger partial charge in [-0.25, -0.2) is 10.2 Å². The quantitative estimate of drug-likeness (QED) is 0.344. The topological polar surface area (TPSA) is 113 Å². The summed E-state index contributed by atoms with van der Waals surface area (Å²) in [6.07, 6.45) is 1.12. The van der Waals surface area contributed by atoms with Crippen molar-refractivity contribution in [2.45, 2.75) is 26.0 Å². The molecular weight excluding hydrogens is 444 g/mol. The van der Waals surface area contributed by atoms with Gasteiger partial charge >= 0.3 is 6.09 Å². The summed E-state index contributed by atoms with van der Waals surface area (Å²) in [5, 5.41) is 15.8. The number of alkyl carbamates (subject to hydrolysis) is 1. The van der Waals surface area contributed by atoms with Crippen molar-refractivity contribution in [2.75, 3.05) is 6.61 Å². The molecule has 3 aromatic carbocycles. The van der Waals surface area contributed by atoms with Crippen LogP contribution in [0.15, 0.2) is 84.0 Å². The lowest BCUT2D eigenvalue weighted by Crippen LogP contribution is -2.47. The standard InChI is InChI=1S/C27H26N4O4/c1-2-34-27(33)30-25(16-20-8-4-3-5-9-20)26(32)31-29-18-21-12-14-24(15-13-21)35-19-23-11-7-6-10-22(23)17-28/h3-15,18,25H,2,16,19H2,1H3,(H,30,33)(H,31,32)/b29-18-/t25-/m0/s1. The third-order valence-electron chi connectivity index (χ3n) is 4.97. The summed E-state index contributed by atoms with van der Waals surface area (Å²) in [7, 11) is 0. The van der Waals surface area contributed by atoms with E-state index in [9.17, 15) is 14.9 Å². The van der Waals surface area contributed by atoms with Gasteiger partial charge in [-0.05, 0) is 48.4 Å². The second-order valence-corrected chi connectivity index (χ2v) is 7.47. The number of nitriles is 1. The molecule has 0 fully saturated rings. The summed E-state index contributed by atoms with van der Waals surface area (Å²) >= 11 is 0. The van der Waals surface area contributed by atoms with Crippen molar-refractivity contribution >= 4 is 18.2 Å². The summed E-state index contributed by atoms with van der Waals surface area (Å²) in [5.41, 5.74) is 5.49. The fraction of sp³-hybridized carbons (Fsp3) is 0.185. The molecule has 178 valence electrons. The van der Waals surface area contributed by atoms with Crippen molar-refractivity contribution < 1.29 is 19.1 Å². The Kier molecular flexibility index (Phi) is 9.40. The Bertz CT molecular complexity index is 1190. The van der Waals surface area contributed by atoms with E-state index in [0.717, 1.165) is 16.7 Å². The Morgan fingerprint density at radius 3 is 2.46 bits per heavy atom. The van der Waals surface area contributed by atoms with Crippen molar-refractivity contribution in [1.82, 2.24) is 10.7 Å². The van der Waals surface area contributed by atoms with E-state index in [2.05, 4.69) is 21.9 Å². The molecule has 3 rings (SSSR count). The lowest BCUT2D eigenvalue weighted by atomic mass is 10.1. The fourth-order valence-electron chi connectivity index (χ4n) is 3.19. The number of rotatable bonds is 10. The van der Waals surface area contributed by atoms with E-state index < -0.39 is 18.0 Å². The normalized spacial score (nSPS) is 11.3. The molecular formula is C27H26N4O4. The zero-order chi connectivity index (χ0) is 24.9. The predicted molar refractivity (Wildman–Crippen MR) is 132 cm³/mol. The zero-order valence-corrected chi connectivity index (χ0v) is 19.3. The summed E-state index contributed by atoms with van der Waals surface area (Å²) in [5.74, 6) is 0.176. The molecule has 0 aliphatic rings. The number of benzene rings is 3. The number of nitrogens with zero attached hydrogens (tertiary/aromatic N) is 2. The van der Waals surface area contributed by atoms with Gasteiger partial charge in [-0.15, -0.1) is 0 Å². The van der Waals surface area contributed by atoms with E-state index in [1.165, 1.54) is 6.21 Å². The lowest BCUT2D eigenvalue weighted by Gasteiger charge is -2.16. The second-order valence-electron chi connectivity index (χ2n) is 7.47. The van der Waals surface area contributed by atoms with Crippen LogP contribution in [-0.4, -0.2) is 30.9 Å². The van der Waals surface area contributed by atoms with E-state index in [-0.39, 0.29) is 13.2 Å². The van der Waals surface area contributed by atoms with Crippen LogP contribution < -0.4 is 15.5 Å². The molecule has 0 unspecified atom stereocenters. The first kappa shape index (κ1) is 25.0. The van der Waals surface area contributed by atoms with Gasteiger partial charge in [-0.3, -0.25) is 4.79 Å². The van der Waals surface area contributed by atoms with Crippen LogP contribution >= 0.6 is 0 Å². The maximum atomic E-state index is 12.7. The third kappa shape index (κ3) is 8.02. The molecule has 0 aliphatic heterocycles. The molecule has 2 amide bonds. The first-order valence-corrected chi connectivity index (χ1v) is 11.1. The van der Waals surface area contributed by atoms with Gasteiger partial charge in [0.2, 0.25) is 0 Å². The van der Waals surface area contributed by atoms with Gasteiger partial charge in [-0.1, -0.05) is 48.5 Å². The van der Waals surface area contributed by atoms with E-state index in [4.69, 9.17) is 9.47 Å².